The standard InChI is InChI=1S/C11H18BrNOS/c1-2-8-14-9-7-13-6-5-10-3-4-11(12)15-10/h3-4,13H,2,5-9H2,1H3. The zero-order valence-electron chi connectivity index (χ0n) is 9.09. The van der Waals surface area contributed by atoms with E-state index >= 15 is 0 Å². The van der Waals surface area contributed by atoms with Crippen molar-refractivity contribution in [2.45, 2.75) is 19.8 Å². The second kappa shape index (κ2) is 8.28. The van der Waals surface area contributed by atoms with Gasteiger partial charge in [-0.3, -0.25) is 0 Å². The molecule has 4 heteroatoms. The average Bonchev–Trinajstić information content (AvgIpc) is 2.63. The van der Waals surface area contributed by atoms with Gasteiger partial charge in [-0.15, -0.1) is 11.3 Å². The quantitative estimate of drug-likeness (QED) is 0.744. The van der Waals surface area contributed by atoms with E-state index in [9.17, 15) is 0 Å². The van der Waals surface area contributed by atoms with Crippen LogP contribution in [0.15, 0.2) is 15.9 Å². The predicted octanol–water partition coefficient (Wildman–Crippen LogP) is 3.07. The second-order valence-corrected chi connectivity index (χ2v) is 5.87. The van der Waals surface area contributed by atoms with Crippen molar-refractivity contribution >= 4 is 27.3 Å². The molecular formula is C11H18BrNOS. The highest BCUT2D eigenvalue weighted by molar-refractivity contribution is 9.11. The van der Waals surface area contributed by atoms with E-state index in [1.54, 1.807) is 11.3 Å². The fourth-order valence-corrected chi connectivity index (χ4v) is 2.70. The SMILES string of the molecule is CCCOCCNCCc1ccc(Br)s1. The third-order valence-corrected chi connectivity index (χ3v) is 3.63. The van der Waals surface area contributed by atoms with E-state index in [0.29, 0.717) is 0 Å². The van der Waals surface area contributed by atoms with Crippen molar-refractivity contribution in [1.82, 2.24) is 5.32 Å². The van der Waals surface area contributed by atoms with Crippen LogP contribution >= 0.6 is 27.3 Å². The van der Waals surface area contributed by atoms with Gasteiger partial charge in [-0.05, 0) is 40.9 Å². The van der Waals surface area contributed by atoms with Gasteiger partial charge in [0, 0.05) is 24.6 Å². The van der Waals surface area contributed by atoms with Crippen LogP contribution in [-0.4, -0.2) is 26.3 Å². The molecule has 1 rings (SSSR count). The lowest BCUT2D eigenvalue weighted by Gasteiger charge is -2.04. The van der Waals surface area contributed by atoms with Gasteiger partial charge in [0.1, 0.15) is 0 Å². The number of thiophene rings is 1. The van der Waals surface area contributed by atoms with Crippen molar-refractivity contribution in [3.63, 3.8) is 0 Å². The molecule has 1 N–H and O–H groups in total. The Balaban J connectivity index is 1.93. The highest BCUT2D eigenvalue weighted by atomic mass is 79.9. The molecule has 1 heterocycles. The third kappa shape index (κ3) is 6.30. The molecule has 86 valence electrons. The van der Waals surface area contributed by atoms with Crippen molar-refractivity contribution in [2.24, 2.45) is 0 Å². The zero-order chi connectivity index (χ0) is 10.9. The summed E-state index contributed by atoms with van der Waals surface area (Å²) in [5.41, 5.74) is 0. The molecule has 0 amide bonds. The van der Waals surface area contributed by atoms with Gasteiger partial charge in [-0.2, -0.15) is 0 Å². The maximum absolute atomic E-state index is 5.37. The molecule has 1 aromatic heterocycles. The summed E-state index contributed by atoms with van der Waals surface area (Å²) < 4.78 is 6.58. The summed E-state index contributed by atoms with van der Waals surface area (Å²) in [7, 11) is 0. The summed E-state index contributed by atoms with van der Waals surface area (Å²) in [6, 6.07) is 4.27. The monoisotopic (exact) mass is 291 g/mol. The number of nitrogens with one attached hydrogen (secondary N) is 1. The van der Waals surface area contributed by atoms with E-state index in [-0.39, 0.29) is 0 Å². The van der Waals surface area contributed by atoms with Gasteiger partial charge >= 0.3 is 0 Å². The molecule has 0 fully saturated rings. The summed E-state index contributed by atoms with van der Waals surface area (Å²) in [5.74, 6) is 0. The first-order valence-electron chi connectivity index (χ1n) is 5.35. The minimum absolute atomic E-state index is 0.821. The smallest absolute Gasteiger partial charge is 0.0701 e. The highest BCUT2D eigenvalue weighted by Gasteiger charge is 1.96. The largest absolute Gasteiger partial charge is 0.380 e. The summed E-state index contributed by atoms with van der Waals surface area (Å²) in [6.07, 6.45) is 2.20. The van der Waals surface area contributed by atoms with E-state index in [1.807, 2.05) is 0 Å². The van der Waals surface area contributed by atoms with Crippen LogP contribution in [0.25, 0.3) is 0 Å². The second-order valence-electron chi connectivity index (χ2n) is 3.32. The lowest BCUT2D eigenvalue weighted by atomic mass is 10.3. The summed E-state index contributed by atoms with van der Waals surface area (Å²) in [6.45, 7) is 5.80. The molecule has 0 atom stereocenters. The number of hydrogen-bond donors (Lipinski definition) is 1. The zero-order valence-corrected chi connectivity index (χ0v) is 11.5. The topological polar surface area (TPSA) is 21.3 Å². The third-order valence-electron chi connectivity index (χ3n) is 1.95. The summed E-state index contributed by atoms with van der Waals surface area (Å²) in [4.78, 5) is 1.42. The fourth-order valence-electron chi connectivity index (χ4n) is 1.21. The molecule has 0 unspecified atom stereocenters. The van der Waals surface area contributed by atoms with E-state index in [2.05, 4.69) is 40.3 Å². The van der Waals surface area contributed by atoms with Gasteiger partial charge in [-0.1, -0.05) is 6.92 Å². The van der Waals surface area contributed by atoms with E-state index in [4.69, 9.17) is 4.74 Å². The maximum atomic E-state index is 5.37. The summed E-state index contributed by atoms with van der Waals surface area (Å²) >= 11 is 5.27. The van der Waals surface area contributed by atoms with Gasteiger partial charge < -0.3 is 10.1 Å². The molecule has 0 spiro atoms. The van der Waals surface area contributed by atoms with Gasteiger partial charge in [-0.25, -0.2) is 0 Å². The Kier molecular flexibility index (Phi) is 7.26. The molecule has 0 saturated carbocycles. The first kappa shape index (κ1) is 13.2. The van der Waals surface area contributed by atoms with E-state index in [0.717, 1.165) is 39.1 Å². The van der Waals surface area contributed by atoms with Crippen molar-refractivity contribution in [2.75, 3.05) is 26.3 Å². The van der Waals surface area contributed by atoms with Crippen LogP contribution in [-0.2, 0) is 11.2 Å². The molecular weight excluding hydrogens is 274 g/mol. The molecule has 0 aliphatic heterocycles. The van der Waals surface area contributed by atoms with E-state index < -0.39 is 0 Å². The Labute approximate surface area is 104 Å². The molecule has 15 heavy (non-hydrogen) atoms. The molecule has 0 bridgehead atoms. The number of ether oxygens (including phenoxy) is 1. The van der Waals surface area contributed by atoms with Gasteiger partial charge in [0.15, 0.2) is 0 Å². The van der Waals surface area contributed by atoms with Crippen LogP contribution < -0.4 is 5.32 Å². The Morgan fingerprint density at radius 3 is 2.87 bits per heavy atom. The number of hydrogen-bond acceptors (Lipinski definition) is 3. The fraction of sp³-hybridized carbons (Fsp3) is 0.636. The van der Waals surface area contributed by atoms with Crippen molar-refractivity contribution in [3.05, 3.63) is 20.8 Å². The molecule has 1 aromatic rings. The summed E-state index contributed by atoms with van der Waals surface area (Å²) in [5, 5.41) is 3.37. The Hall–Kier alpha value is 0.1000. The van der Waals surface area contributed by atoms with Crippen LogP contribution in [0.3, 0.4) is 0 Å². The minimum atomic E-state index is 0.821. The molecule has 0 aliphatic rings. The lowest BCUT2D eigenvalue weighted by molar-refractivity contribution is 0.137. The molecule has 0 aliphatic carbocycles. The van der Waals surface area contributed by atoms with Crippen LogP contribution in [0.5, 0.6) is 0 Å². The molecule has 0 aromatic carbocycles. The minimum Gasteiger partial charge on any atom is -0.380 e. The van der Waals surface area contributed by atoms with Crippen molar-refractivity contribution < 1.29 is 4.74 Å². The van der Waals surface area contributed by atoms with Crippen molar-refractivity contribution in [1.29, 1.82) is 0 Å². The van der Waals surface area contributed by atoms with Gasteiger partial charge in [0.05, 0.1) is 10.4 Å². The Morgan fingerprint density at radius 2 is 2.20 bits per heavy atom. The van der Waals surface area contributed by atoms with Crippen LogP contribution in [0.1, 0.15) is 18.2 Å². The van der Waals surface area contributed by atoms with Crippen molar-refractivity contribution in [3.8, 4) is 0 Å². The normalized spacial score (nSPS) is 10.8. The predicted molar refractivity (Wildman–Crippen MR) is 69.7 cm³/mol. The molecule has 0 saturated heterocycles. The first-order valence-corrected chi connectivity index (χ1v) is 6.96. The number of halogens is 1. The molecule has 2 nitrogen and oxygen atoms in total. The van der Waals surface area contributed by atoms with Crippen LogP contribution in [0.2, 0.25) is 0 Å². The Morgan fingerprint density at radius 1 is 1.33 bits per heavy atom. The molecule has 0 radical (unpaired) electrons. The average molecular weight is 292 g/mol. The Bertz CT molecular complexity index is 265. The van der Waals surface area contributed by atoms with Gasteiger partial charge in [0.25, 0.3) is 0 Å². The first-order chi connectivity index (χ1) is 7.33. The van der Waals surface area contributed by atoms with Crippen LogP contribution in [0.4, 0.5) is 0 Å². The van der Waals surface area contributed by atoms with Gasteiger partial charge in [0.2, 0.25) is 0 Å². The lowest BCUT2D eigenvalue weighted by Crippen LogP contribution is -2.22. The maximum Gasteiger partial charge on any atom is 0.0701 e. The van der Waals surface area contributed by atoms with Crippen LogP contribution in [0, 0.1) is 0 Å². The number of rotatable bonds is 8. The van der Waals surface area contributed by atoms with E-state index in [1.165, 1.54) is 8.66 Å². The highest BCUT2D eigenvalue weighted by Crippen LogP contribution is 2.21.